The molecule has 0 spiro atoms. The first kappa shape index (κ1) is 13.9. The second-order valence-corrected chi connectivity index (χ2v) is 4.59. The molecule has 0 aliphatic heterocycles. The van der Waals surface area contributed by atoms with Crippen molar-refractivity contribution >= 4 is 11.9 Å². The summed E-state index contributed by atoms with van der Waals surface area (Å²) < 4.78 is 1.90. The van der Waals surface area contributed by atoms with Gasteiger partial charge in [0.25, 0.3) is 5.91 Å². The summed E-state index contributed by atoms with van der Waals surface area (Å²) in [5, 5.41) is 11.4. The molecule has 0 saturated heterocycles. The fraction of sp³-hybridized carbons (Fsp3) is 0.200. The summed E-state index contributed by atoms with van der Waals surface area (Å²) in [6.45, 7) is 1.67. The molecule has 0 fully saturated rings. The molecule has 1 atom stereocenters. The molecule has 0 aliphatic carbocycles. The van der Waals surface area contributed by atoms with E-state index in [1.807, 2.05) is 35.2 Å². The molecule has 1 heterocycles. The van der Waals surface area contributed by atoms with E-state index in [-0.39, 0.29) is 12.5 Å². The fourth-order valence-corrected chi connectivity index (χ4v) is 1.75. The molecule has 5 heteroatoms. The number of carboxylic acids is 1. The Morgan fingerprint density at radius 1 is 1.25 bits per heavy atom. The monoisotopic (exact) mass is 272 g/mol. The lowest BCUT2D eigenvalue weighted by molar-refractivity contribution is -0.140. The smallest absolute Gasteiger partial charge is 0.308 e. The number of hydrogen-bond donors (Lipinski definition) is 2. The van der Waals surface area contributed by atoms with Gasteiger partial charge in [-0.2, -0.15) is 0 Å². The summed E-state index contributed by atoms with van der Waals surface area (Å²) in [6.07, 6.45) is 3.78. The van der Waals surface area contributed by atoms with E-state index in [0.29, 0.717) is 5.56 Å². The molecular formula is C15H16N2O3. The van der Waals surface area contributed by atoms with Crippen LogP contribution < -0.4 is 5.32 Å². The molecule has 2 N–H and O–H groups in total. The normalized spacial score (nSPS) is 11.8. The number of rotatable bonds is 5. The topological polar surface area (TPSA) is 71.3 Å². The van der Waals surface area contributed by atoms with Crippen molar-refractivity contribution < 1.29 is 14.7 Å². The van der Waals surface area contributed by atoms with Gasteiger partial charge >= 0.3 is 5.97 Å². The van der Waals surface area contributed by atoms with Crippen molar-refractivity contribution in [2.24, 2.45) is 5.92 Å². The maximum absolute atomic E-state index is 12.0. The van der Waals surface area contributed by atoms with Gasteiger partial charge in [-0.3, -0.25) is 9.59 Å². The molecule has 1 aromatic heterocycles. The summed E-state index contributed by atoms with van der Waals surface area (Å²) in [5.41, 5.74) is 1.39. The van der Waals surface area contributed by atoms with E-state index in [4.69, 9.17) is 5.11 Å². The Hall–Kier alpha value is -2.56. The van der Waals surface area contributed by atoms with Crippen LogP contribution in [0, 0.1) is 5.92 Å². The number of aliphatic carboxylic acids is 1. The summed E-state index contributed by atoms with van der Waals surface area (Å²) in [4.78, 5) is 22.7. The molecule has 0 radical (unpaired) electrons. The van der Waals surface area contributed by atoms with Gasteiger partial charge in [0.1, 0.15) is 0 Å². The molecule has 2 rings (SSSR count). The number of aromatic nitrogens is 1. The van der Waals surface area contributed by atoms with Crippen LogP contribution in [0.2, 0.25) is 0 Å². The Labute approximate surface area is 116 Å². The lowest BCUT2D eigenvalue weighted by Crippen LogP contribution is -2.31. The van der Waals surface area contributed by atoms with E-state index in [1.54, 1.807) is 25.1 Å². The highest BCUT2D eigenvalue weighted by Gasteiger charge is 2.13. The zero-order chi connectivity index (χ0) is 14.5. The van der Waals surface area contributed by atoms with Crippen molar-refractivity contribution in [1.82, 2.24) is 9.88 Å². The SMILES string of the molecule is CC(CNC(=O)c1cccc(-n2cccc2)c1)C(=O)O. The maximum Gasteiger partial charge on any atom is 0.308 e. The number of carbonyl (C=O) groups is 2. The van der Waals surface area contributed by atoms with Crippen molar-refractivity contribution in [3.8, 4) is 5.69 Å². The van der Waals surface area contributed by atoms with Crippen LogP contribution in [0.4, 0.5) is 0 Å². The third-order valence-electron chi connectivity index (χ3n) is 3.00. The number of benzene rings is 1. The van der Waals surface area contributed by atoms with Crippen molar-refractivity contribution in [3.05, 3.63) is 54.4 Å². The van der Waals surface area contributed by atoms with Crippen LogP contribution in [0.25, 0.3) is 5.69 Å². The standard InChI is InChI=1S/C15H16N2O3/c1-11(15(19)20)10-16-14(18)12-5-4-6-13(9-12)17-7-2-3-8-17/h2-9,11H,10H2,1H3,(H,16,18)(H,19,20). The summed E-state index contributed by atoms with van der Waals surface area (Å²) in [5.74, 6) is -1.80. The van der Waals surface area contributed by atoms with Gasteiger partial charge in [0.15, 0.2) is 0 Å². The van der Waals surface area contributed by atoms with Gasteiger partial charge in [0, 0.05) is 30.2 Å². The summed E-state index contributed by atoms with van der Waals surface area (Å²) in [7, 11) is 0. The average Bonchev–Trinajstić information content (AvgIpc) is 2.98. The Kier molecular flexibility index (Phi) is 4.20. The molecular weight excluding hydrogens is 256 g/mol. The van der Waals surface area contributed by atoms with Gasteiger partial charge in [0.2, 0.25) is 0 Å². The predicted octanol–water partition coefficient (Wildman–Crippen LogP) is 1.93. The quantitative estimate of drug-likeness (QED) is 0.873. The average molecular weight is 272 g/mol. The second-order valence-electron chi connectivity index (χ2n) is 4.59. The first-order valence-electron chi connectivity index (χ1n) is 6.32. The van der Waals surface area contributed by atoms with Gasteiger partial charge in [0.05, 0.1) is 5.92 Å². The van der Waals surface area contributed by atoms with E-state index < -0.39 is 11.9 Å². The first-order chi connectivity index (χ1) is 9.58. The van der Waals surface area contributed by atoms with E-state index in [2.05, 4.69) is 5.32 Å². The molecule has 1 unspecified atom stereocenters. The maximum atomic E-state index is 12.0. The highest BCUT2D eigenvalue weighted by molar-refractivity contribution is 5.94. The van der Waals surface area contributed by atoms with Crippen LogP contribution in [0.3, 0.4) is 0 Å². The van der Waals surface area contributed by atoms with Crippen LogP contribution in [0.1, 0.15) is 17.3 Å². The van der Waals surface area contributed by atoms with Gasteiger partial charge < -0.3 is 15.0 Å². The van der Waals surface area contributed by atoms with E-state index in [1.165, 1.54) is 0 Å². The van der Waals surface area contributed by atoms with Crippen LogP contribution in [0.5, 0.6) is 0 Å². The van der Waals surface area contributed by atoms with E-state index >= 15 is 0 Å². The van der Waals surface area contributed by atoms with Gasteiger partial charge in [-0.1, -0.05) is 13.0 Å². The van der Waals surface area contributed by atoms with Gasteiger partial charge in [-0.15, -0.1) is 0 Å². The Bertz CT molecular complexity index is 605. The Morgan fingerprint density at radius 3 is 2.60 bits per heavy atom. The van der Waals surface area contributed by atoms with Crippen LogP contribution >= 0.6 is 0 Å². The minimum atomic E-state index is -0.925. The lowest BCUT2D eigenvalue weighted by atomic mass is 10.1. The van der Waals surface area contributed by atoms with Crippen molar-refractivity contribution in [2.75, 3.05) is 6.54 Å². The largest absolute Gasteiger partial charge is 0.481 e. The minimum absolute atomic E-state index is 0.113. The zero-order valence-electron chi connectivity index (χ0n) is 11.1. The summed E-state index contributed by atoms with van der Waals surface area (Å²) >= 11 is 0. The van der Waals surface area contributed by atoms with Crippen molar-refractivity contribution in [1.29, 1.82) is 0 Å². The zero-order valence-corrected chi connectivity index (χ0v) is 11.1. The molecule has 20 heavy (non-hydrogen) atoms. The van der Waals surface area contributed by atoms with Crippen LogP contribution in [-0.4, -0.2) is 28.1 Å². The number of amides is 1. The van der Waals surface area contributed by atoms with E-state index in [0.717, 1.165) is 5.69 Å². The predicted molar refractivity (Wildman–Crippen MR) is 74.9 cm³/mol. The Balaban J connectivity index is 2.07. The second kappa shape index (κ2) is 6.06. The van der Waals surface area contributed by atoms with Gasteiger partial charge in [-0.05, 0) is 30.3 Å². The molecule has 5 nitrogen and oxygen atoms in total. The molecule has 2 aromatic rings. The molecule has 1 amide bonds. The lowest BCUT2D eigenvalue weighted by Gasteiger charge is -2.09. The molecule has 0 bridgehead atoms. The third-order valence-corrected chi connectivity index (χ3v) is 3.00. The molecule has 1 aromatic carbocycles. The number of nitrogens with one attached hydrogen (secondary N) is 1. The third kappa shape index (κ3) is 3.26. The minimum Gasteiger partial charge on any atom is -0.481 e. The van der Waals surface area contributed by atoms with Crippen molar-refractivity contribution in [2.45, 2.75) is 6.92 Å². The number of carbonyl (C=O) groups excluding carboxylic acids is 1. The number of carboxylic acid groups (broad SMARTS) is 1. The molecule has 104 valence electrons. The number of nitrogens with zero attached hydrogens (tertiary/aromatic N) is 1. The molecule has 0 saturated carbocycles. The fourth-order valence-electron chi connectivity index (χ4n) is 1.75. The first-order valence-corrected chi connectivity index (χ1v) is 6.32. The highest BCUT2D eigenvalue weighted by Crippen LogP contribution is 2.11. The van der Waals surface area contributed by atoms with Crippen molar-refractivity contribution in [3.63, 3.8) is 0 Å². The van der Waals surface area contributed by atoms with Crippen LogP contribution in [0.15, 0.2) is 48.8 Å². The van der Waals surface area contributed by atoms with Crippen LogP contribution in [-0.2, 0) is 4.79 Å². The Morgan fingerprint density at radius 2 is 1.95 bits per heavy atom. The van der Waals surface area contributed by atoms with Gasteiger partial charge in [-0.25, -0.2) is 0 Å². The number of hydrogen-bond acceptors (Lipinski definition) is 2. The highest BCUT2D eigenvalue weighted by atomic mass is 16.4. The molecule has 0 aliphatic rings. The van der Waals surface area contributed by atoms with E-state index in [9.17, 15) is 9.59 Å². The summed E-state index contributed by atoms with van der Waals surface area (Å²) in [6, 6.07) is 11.0.